The van der Waals surface area contributed by atoms with Crippen LogP contribution in [0.2, 0.25) is 0 Å². The lowest BCUT2D eigenvalue weighted by atomic mass is 9.88. The van der Waals surface area contributed by atoms with E-state index in [9.17, 15) is 9.90 Å². The monoisotopic (exact) mass is 186 g/mol. The maximum atomic E-state index is 11.3. The molecule has 0 aromatic carbocycles. The normalized spacial score (nSPS) is 15.2. The van der Waals surface area contributed by atoms with Gasteiger partial charge in [-0.2, -0.15) is 0 Å². The van der Waals surface area contributed by atoms with Gasteiger partial charge in [0.2, 0.25) is 0 Å². The van der Waals surface area contributed by atoms with Crippen molar-refractivity contribution in [2.75, 3.05) is 7.11 Å². The predicted octanol–water partition coefficient (Wildman–Crippen LogP) is 1.37. The molecule has 1 N–H and O–H groups in total. The Morgan fingerprint density at radius 1 is 1.46 bits per heavy atom. The fraction of sp³-hybridized carbons (Fsp3) is 0.700. The Hall–Kier alpha value is -0.830. The van der Waals surface area contributed by atoms with Crippen LogP contribution in [-0.4, -0.2) is 24.3 Å². The molecule has 0 aliphatic rings. The molecule has 0 fully saturated rings. The fourth-order valence-electron chi connectivity index (χ4n) is 1.14. The lowest BCUT2D eigenvalue weighted by molar-refractivity contribution is -0.148. The molecule has 0 unspecified atom stereocenters. The molecule has 13 heavy (non-hydrogen) atoms. The van der Waals surface area contributed by atoms with Gasteiger partial charge >= 0.3 is 5.97 Å². The summed E-state index contributed by atoms with van der Waals surface area (Å²) in [4.78, 5) is 11.3. The van der Waals surface area contributed by atoms with Gasteiger partial charge in [-0.25, -0.2) is 0 Å². The molecule has 0 rings (SSSR count). The van der Waals surface area contributed by atoms with Crippen LogP contribution >= 0.6 is 0 Å². The first-order valence-electron chi connectivity index (χ1n) is 4.33. The molecule has 0 bridgehead atoms. The molecule has 0 radical (unpaired) electrons. The molecule has 0 aliphatic carbocycles. The highest BCUT2D eigenvalue weighted by Gasteiger charge is 2.30. The van der Waals surface area contributed by atoms with Crippen molar-refractivity contribution in [1.29, 1.82) is 0 Å². The number of hydrogen-bond donors (Lipinski definition) is 1. The van der Waals surface area contributed by atoms with E-state index in [4.69, 9.17) is 0 Å². The molecule has 0 aromatic rings. The third-order valence-corrected chi connectivity index (χ3v) is 2.01. The van der Waals surface area contributed by atoms with Crippen LogP contribution in [0.5, 0.6) is 0 Å². The van der Waals surface area contributed by atoms with Crippen LogP contribution in [0.15, 0.2) is 12.2 Å². The van der Waals surface area contributed by atoms with Crippen LogP contribution in [0, 0.1) is 11.8 Å². The van der Waals surface area contributed by atoms with Gasteiger partial charge in [0, 0.05) is 0 Å². The van der Waals surface area contributed by atoms with E-state index in [1.165, 1.54) is 7.11 Å². The van der Waals surface area contributed by atoms with E-state index >= 15 is 0 Å². The smallest absolute Gasteiger partial charge is 0.315 e. The van der Waals surface area contributed by atoms with E-state index in [2.05, 4.69) is 11.3 Å². The maximum Gasteiger partial charge on any atom is 0.315 e. The number of carbonyl (C=O) groups excluding carboxylic acids is 1. The number of ether oxygens (including phenoxy) is 1. The minimum Gasteiger partial charge on any atom is -0.468 e. The van der Waals surface area contributed by atoms with Gasteiger partial charge in [0.15, 0.2) is 0 Å². The van der Waals surface area contributed by atoms with Gasteiger partial charge in [0.25, 0.3) is 0 Å². The Balaban J connectivity index is 4.61. The zero-order valence-corrected chi connectivity index (χ0v) is 8.70. The number of methoxy groups -OCH3 is 1. The molecule has 2 atom stereocenters. The first-order valence-corrected chi connectivity index (χ1v) is 4.33. The van der Waals surface area contributed by atoms with Crippen LogP contribution in [-0.2, 0) is 9.53 Å². The summed E-state index contributed by atoms with van der Waals surface area (Å²) in [6.45, 7) is 9.08. The van der Waals surface area contributed by atoms with Crippen molar-refractivity contribution in [3.63, 3.8) is 0 Å². The predicted molar refractivity (Wildman–Crippen MR) is 51.2 cm³/mol. The zero-order valence-electron chi connectivity index (χ0n) is 8.70. The van der Waals surface area contributed by atoms with Crippen LogP contribution in [0.4, 0.5) is 0 Å². The van der Waals surface area contributed by atoms with Gasteiger partial charge in [0.1, 0.15) is 5.92 Å². The summed E-state index contributed by atoms with van der Waals surface area (Å²) in [5.74, 6) is -1.01. The number of aliphatic hydroxyl groups is 1. The van der Waals surface area contributed by atoms with E-state index in [0.717, 1.165) is 0 Å². The molecule has 0 amide bonds. The van der Waals surface area contributed by atoms with Gasteiger partial charge in [-0.15, -0.1) is 0 Å². The molecular formula is C10H18O3. The number of rotatable bonds is 4. The van der Waals surface area contributed by atoms with E-state index in [0.29, 0.717) is 5.57 Å². The topological polar surface area (TPSA) is 46.5 Å². The van der Waals surface area contributed by atoms with E-state index < -0.39 is 18.0 Å². The average Bonchev–Trinajstić information content (AvgIpc) is 2.03. The minimum atomic E-state index is -0.718. The standard InChI is InChI=1S/C10H18O3/c1-6(2)8(10(12)13-5)9(11)7(3)4/h7-9,11H,1H2,2-5H3/t8-,9-/m0/s1. The van der Waals surface area contributed by atoms with Crippen LogP contribution in [0.1, 0.15) is 20.8 Å². The number of carbonyl (C=O) groups is 1. The number of esters is 1. The summed E-state index contributed by atoms with van der Waals surface area (Å²) >= 11 is 0. The molecule has 0 saturated carbocycles. The van der Waals surface area contributed by atoms with E-state index in [1.807, 2.05) is 13.8 Å². The summed E-state index contributed by atoms with van der Waals surface area (Å²) in [6.07, 6.45) is -0.718. The second-order valence-electron chi connectivity index (χ2n) is 3.58. The van der Waals surface area contributed by atoms with Crippen molar-refractivity contribution in [2.24, 2.45) is 11.8 Å². The molecule has 0 heterocycles. The minimum absolute atomic E-state index is 0.0146. The van der Waals surface area contributed by atoms with Gasteiger partial charge in [0.05, 0.1) is 13.2 Å². The summed E-state index contributed by atoms with van der Waals surface area (Å²) in [7, 11) is 1.31. The van der Waals surface area contributed by atoms with Crippen molar-refractivity contribution in [1.82, 2.24) is 0 Å². The maximum absolute atomic E-state index is 11.3. The molecule has 3 nitrogen and oxygen atoms in total. The third-order valence-electron chi connectivity index (χ3n) is 2.01. The van der Waals surface area contributed by atoms with Crippen LogP contribution in [0.25, 0.3) is 0 Å². The average molecular weight is 186 g/mol. The summed E-state index contributed by atoms with van der Waals surface area (Å²) in [6, 6.07) is 0. The molecule has 3 heteroatoms. The van der Waals surface area contributed by atoms with Crippen molar-refractivity contribution in [3.05, 3.63) is 12.2 Å². The SMILES string of the molecule is C=C(C)[C@H](C(=O)OC)[C@@H](O)C(C)C. The van der Waals surface area contributed by atoms with Gasteiger partial charge in [-0.3, -0.25) is 4.79 Å². The Morgan fingerprint density at radius 2 is 1.92 bits per heavy atom. The Kier molecular flexibility index (Phi) is 4.70. The summed E-state index contributed by atoms with van der Waals surface area (Å²) < 4.78 is 4.59. The molecular weight excluding hydrogens is 168 g/mol. The number of hydrogen-bond acceptors (Lipinski definition) is 3. The Bertz CT molecular complexity index is 196. The first-order chi connectivity index (χ1) is 5.91. The second-order valence-corrected chi connectivity index (χ2v) is 3.58. The van der Waals surface area contributed by atoms with Gasteiger partial charge in [-0.1, -0.05) is 26.0 Å². The second kappa shape index (κ2) is 5.02. The molecule has 76 valence electrons. The molecule has 0 saturated heterocycles. The van der Waals surface area contributed by atoms with Crippen molar-refractivity contribution < 1.29 is 14.6 Å². The highest BCUT2D eigenvalue weighted by molar-refractivity contribution is 5.76. The highest BCUT2D eigenvalue weighted by atomic mass is 16.5. The lowest BCUT2D eigenvalue weighted by Crippen LogP contribution is -2.33. The summed E-state index contributed by atoms with van der Waals surface area (Å²) in [5.41, 5.74) is 0.632. The fourth-order valence-corrected chi connectivity index (χ4v) is 1.14. The number of aliphatic hydroxyl groups excluding tert-OH is 1. The zero-order chi connectivity index (χ0) is 10.6. The molecule has 0 aliphatic heterocycles. The largest absolute Gasteiger partial charge is 0.468 e. The van der Waals surface area contributed by atoms with E-state index in [1.54, 1.807) is 6.92 Å². The molecule has 0 spiro atoms. The third kappa shape index (κ3) is 3.19. The van der Waals surface area contributed by atoms with Gasteiger partial charge in [-0.05, 0) is 12.8 Å². The van der Waals surface area contributed by atoms with Crippen LogP contribution < -0.4 is 0 Å². The van der Waals surface area contributed by atoms with Crippen molar-refractivity contribution in [2.45, 2.75) is 26.9 Å². The quantitative estimate of drug-likeness (QED) is 0.533. The van der Waals surface area contributed by atoms with Gasteiger partial charge < -0.3 is 9.84 Å². The molecule has 0 aromatic heterocycles. The first kappa shape index (κ1) is 12.2. The Morgan fingerprint density at radius 3 is 2.15 bits per heavy atom. The Labute approximate surface area is 79.4 Å². The van der Waals surface area contributed by atoms with Crippen molar-refractivity contribution >= 4 is 5.97 Å². The summed E-state index contributed by atoms with van der Waals surface area (Å²) in [5, 5.41) is 9.70. The van der Waals surface area contributed by atoms with Crippen LogP contribution in [0.3, 0.4) is 0 Å². The van der Waals surface area contributed by atoms with E-state index in [-0.39, 0.29) is 5.92 Å². The highest BCUT2D eigenvalue weighted by Crippen LogP contribution is 2.20. The lowest BCUT2D eigenvalue weighted by Gasteiger charge is -2.23. The van der Waals surface area contributed by atoms with Crippen molar-refractivity contribution in [3.8, 4) is 0 Å².